The van der Waals surface area contributed by atoms with E-state index < -0.39 is 6.43 Å². The maximum absolute atomic E-state index is 12.9. The summed E-state index contributed by atoms with van der Waals surface area (Å²) in [5.41, 5.74) is 7.50. The smallest absolute Gasteiger partial charge is 0.265 e. The van der Waals surface area contributed by atoms with Crippen molar-refractivity contribution in [3.8, 4) is 0 Å². The average Bonchev–Trinajstić information content (AvgIpc) is 2.67. The molecule has 0 radical (unpaired) electrons. The molecular formula is C14H16F2N2S. The summed E-state index contributed by atoms with van der Waals surface area (Å²) in [4.78, 5) is 2.38. The number of alkyl halides is 2. The second-order valence-corrected chi connectivity index (χ2v) is 5.79. The minimum Gasteiger partial charge on any atom is -0.399 e. The molecule has 19 heavy (non-hydrogen) atoms. The topological polar surface area (TPSA) is 38.0 Å². The number of thiophene rings is 1. The van der Waals surface area contributed by atoms with Crippen LogP contribution in [-0.4, -0.2) is 0 Å². The molecule has 0 saturated carbocycles. The number of aryl methyl sites for hydroxylation is 2. The molecule has 0 aliphatic heterocycles. The molecule has 1 aromatic carbocycles. The predicted molar refractivity (Wildman–Crippen MR) is 76.9 cm³/mol. The highest BCUT2D eigenvalue weighted by molar-refractivity contribution is 7.12. The van der Waals surface area contributed by atoms with Gasteiger partial charge in [-0.3, -0.25) is 0 Å². The highest BCUT2D eigenvalue weighted by Gasteiger charge is 2.13. The molecule has 0 saturated heterocycles. The van der Waals surface area contributed by atoms with Gasteiger partial charge in [-0.05, 0) is 43.7 Å². The highest BCUT2D eigenvalue weighted by atomic mass is 32.1. The first-order valence-corrected chi connectivity index (χ1v) is 6.76. The van der Waals surface area contributed by atoms with E-state index in [1.54, 1.807) is 23.5 Å². The van der Waals surface area contributed by atoms with Gasteiger partial charge in [0.25, 0.3) is 6.43 Å². The molecular weight excluding hydrogens is 266 g/mol. The van der Waals surface area contributed by atoms with Crippen LogP contribution in [0.4, 0.5) is 20.2 Å². The number of rotatable bonds is 4. The highest BCUT2D eigenvalue weighted by Crippen LogP contribution is 2.30. The molecule has 3 N–H and O–H groups in total. The van der Waals surface area contributed by atoms with Gasteiger partial charge in [0.1, 0.15) is 0 Å². The van der Waals surface area contributed by atoms with E-state index in [4.69, 9.17) is 5.73 Å². The minimum atomic E-state index is -2.53. The van der Waals surface area contributed by atoms with Crippen LogP contribution in [0.1, 0.15) is 27.3 Å². The van der Waals surface area contributed by atoms with Gasteiger partial charge >= 0.3 is 0 Å². The van der Waals surface area contributed by atoms with Crippen LogP contribution in [0.3, 0.4) is 0 Å². The number of nitrogens with one attached hydrogen (secondary N) is 1. The van der Waals surface area contributed by atoms with Crippen molar-refractivity contribution in [3.05, 3.63) is 45.1 Å². The molecule has 2 aromatic rings. The van der Waals surface area contributed by atoms with Crippen LogP contribution in [0.15, 0.2) is 24.3 Å². The Kier molecular flexibility index (Phi) is 4.04. The molecule has 102 valence electrons. The number of nitrogens with two attached hydrogens (primary N) is 1. The first-order valence-electron chi connectivity index (χ1n) is 5.94. The molecule has 2 nitrogen and oxygen atoms in total. The van der Waals surface area contributed by atoms with Crippen molar-refractivity contribution in [3.63, 3.8) is 0 Å². The maximum atomic E-state index is 12.9. The first-order chi connectivity index (χ1) is 8.97. The molecule has 0 amide bonds. The summed E-state index contributed by atoms with van der Waals surface area (Å²) < 4.78 is 25.8. The van der Waals surface area contributed by atoms with E-state index in [1.165, 1.54) is 16.5 Å². The van der Waals surface area contributed by atoms with Gasteiger partial charge in [0.2, 0.25) is 0 Å². The van der Waals surface area contributed by atoms with Crippen LogP contribution < -0.4 is 11.1 Å². The van der Waals surface area contributed by atoms with Crippen LogP contribution in [-0.2, 0) is 6.54 Å². The Morgan fingerprint density at radius 3 is 2.58 bits per heavy atom. The summed E-state index contributed by atoms with van der Waals surface area (Å²) in [6.07, 6.45) is -2.53. The fraction of sp³-hybridized carbons (Fsp3) is 0.286. The molecule has 0 bridgehead atoms. The number of benzene rings is 1. The van der Waals surface area contributed by atoms with Gasteiger partial charge < -0.3 is 11.1 Å². The molecule has 1 aromatic heterocycles. The zero-order chi connectivity index (χ0) is 14.0. The van der Waals surface area contributed by atoms with Crippen molar-refractivity contribution < 1.29 is 8.78 Å². The Morgan fingerprint density at radius 1 is 1.26 bits per heavy atom. The van der Waals surface area contributed by atoms with Crippen molar-refractivity contribution >= 4 is 22.7 Å². The van der Waals surface area contributed by atoms with E-state index in [1.807, 2.05) is 6.92 Å². The van der Waals surface area contributed by atoms with Gasteiger partial charge in [0, 0.05) is 33.2 Å². The lowest BCUT2D eigenvalue weighted by Crippen LogP contribution is -2.02. The maximum Gasteiger partial charge on any atom is 0.265 e. The van der Waals surface area contributed by atoms with Crippen molar-refractivity contribution in [2.45, 2.75) is 26.8 Å². The number of hydrogen-bond donors (Lipinski definition) is 2. The van der Waals surface area contributed by atoms with Gasteiger partial charge in [-0.25, -0.2) is 8.78 Å². The molecule has 2 rings (SSSR count). The Bertz CT molecular complexity index is 559. The third kappa shape index (κ3) is 3.23. The standard InChI is InChI=1S/C14H16F2N2S/c1-8-5-11(19-9(8)2)7-18-13-4-3-10(17)6-12(13)14(15)16/h3-6,14,18H,7,17H2,1-2H3. The summed E-state index contributed by atoms with van der Waals surface area (Å²) in [7, 11) is 0. The summed E-state index contributed by atoms with van der Waals surface area (Å²) in [6, 6.07) is 6.62. The average molecular weight is 282 g/mol. The van der Waals surface area contributed by atoms with Gasteiger partial charge in [-0.2, -0.15) is 0 Å². The summed E-state index contributed by atoms with van der Waals surface area (Å²) >= 11 is 1.68. The largest absolute Gasteiger partial charge is 0.399 e. The molecule has 0 aliphatic rings. The normalized spacial score (nSPS) is 11.0. The Balaban J connectivity index is 2.15. The molecule has 0 aliphatic carbocycles. The fourth-order valence-electron chi connectivity index (χ4n) is 1.84. The minimum absolute atomic E-state index is 0.0509. The quantitative estimate of drug-likeness (QED) is 0.810. The number of hydrogen-bond acceptors (Lipinski definition) is 3. The summed E-state index contributed by atoms with van der Waals surface area (Å²) in [5, 5.41) is 3.05. The van der Waals surface area contributed by atoms with Crippen LogP contribution in [0.5, 0.6) is 0 Å². The molecule has 0 unspecified atom stereocenters. The number of halogens is 2. The van der Waals surface area contributed by atoms with E-state index in [-0.39, 0.29) is 5.56 Å². The van der Waals surface area contributed by atoms with Crippen molar-refractivity contribution in [2.24, 2.45) is 0 Å². The van der Waals surface area contributed by atoms with Gasteiger partial charge in [-0.1, -0.05) is 0 Å². The Hall–Kier alpha value is -1.62. The summed E-state index contributed by atoms with van der Waals surface area (Å²) in [5.74, 6) is 0. The molecule has 5 heteroatoms. The van der Waals surface area contributed by atoms with Crippen LogP contribution in [0.25, 0.3) is 0 Å². The van der Waals surface area contributed by atoms with E-state index in [9.17, 15) is 8.78 Å². The lowest BCUT2D eigenvalue weighted by Gasteiger charge is -2.11. The second-order valence-electron chi connectivity index (χ2n) is 4.45. The van der Waals surface area contributed by atoms with E-state index in [0.29, 0.717) is 17.9 Å². The molecule has 1 heterocycles. The van der Waals surface area contributed by atoms with E-state index in [2.05, 4.69) is 18.3 Å². The van der Waals surface area contributed by atoms with Crippen LogP contribution >= 0.6 is 11.3 Å². The molecule has 0 fully saturated rings. The van der Waals surface area contributed by atoms with Gasteiger partial charge in [0.15, 0.2) is 0 Å². The zero-order valence-electron chi connectivity index (χ0n) is 10.8. The third-order valence-electron chi connectivity index (χ3n) is 2.98. The van der Waals surface area contributed by atoms with E-state index in [0.717, 1.165) is 4.88 Å². The number of anilines is 2. The van der Waals surface area contributed by atoms with E-state index >= 15 is 0 Å². The molecule has 0 atom stereocenters. The fourth-order valence-corrected chi connectivity index (χ4v) is 2.84. The second kappa shape index (κ2) is 5.57. The predicted octanol–water partition coefficient (Wildman–Crippen LogP) is 4.50. The Labute approximate surface area is 115 Å². The van der Waals surface area contributed by atoms with Crippen molar-refractivity contribution in [2.75, 3.05) is 11.1 Å². The van der Waals surface area contributed by atoms with Crippen LogP contribution in [0.2, 0.25) is 0 Å². The van der Waals surface area contributed by atoms with Crippen LogP contribution in [0, 0.1) is 13.8 Å². The molecule has 0 spiro atoms. The summed E-state index contributed by atoms with van der Waals surface area (Å²) in [6.45, 7) is 4.64. The SMILES string of the molecule is Cc1cc(CNc2ccc(N)cc2C(F)F)sc1C. The van der Waals surface area contributed by atoms with Crippen molar-refractivity contribution in [1.29, 1.82) is 0 Å². The first kappa shape index (κ1) is 13.8. The monoisotopic (exact) mass is 282 g/mol. The lowest BCUT2D eigenvalue weighted by atomic mass is 10.1. The van der Waals surface area contributed by atoms with Gasteiger partial charge in [0.05, 0.1) is 0 Å². The Morgan fingerprint density at radius 2 is 2.00 bits per heavy atom. The zero-order valence-corrected chi connectivity index (χ0v) is 11.7. The lowest BCUT2D eigenvalue weighted by molar-refractivity contribution is 0.152. The van der Waals surface area contributed by atoms with Crippen molar-refractivity contribution in [1.82, 2.24) is 0 Å². The van der Waals surface area contributed by atoms with Gasteiger partial charge in [-0.15, -0.1) is 11.3 Å². The third-order valence-corrected chi connectivity index (χ3v) is 4.13. The number of nitrogen functional groups attached to an aromatic ring is 1.